The van der Waals surface area contributed by atoms with Gasteiger partial charge in [-0.25, -0.2) is 12.8 Å². The highest BCUT2D eigenvalue weighted by Gasteiger charge is 2.41. The number of sulfonamides is 1. The molecule has 202 valence electrons. The smallest absolute Gasteiger partial charge is 0.243 e. The summed E-state index contributed by atoms with van der Waals surface area (Å²) in [7, 11) is -3.83. The Balaban J connectivity index is 1.30. The van der Waals surface area contributed by atoms with Crippen molar-refractivity contribution in [3.8, 4) is 0 Å². The van der Waals surface area contributed by atoms with Crippen LogP contribution in [-0.4, -0.2) is 74.1 Å². The average Bonchev–Trinajstić information content (AvgIpc) is 3.70. The van der Waals surface area contributed by atoms with Crippen LogP contribution in [0.5, 0.6) is 0 Å². The van der Waals surface area contributed by atoms with Gasteiger partial charge in [0.05, 0.1) is 24.3 Å². The standard InChI is InChI=1S/C28H37ClFN3O3S/c1-21-17-31(18-22-5-6-22)15-16-32(21)20-36-19-26-3-2-4-28(23-7-11-25(30)12-8-23)33(26)37(34,35)27-13-9-24(29)10-14-27/h7-14,21-22,26,28H,2-6,15-20H2,1H3/t21-,26+,28-/m0/s1. The molecule has 1 saturated carbocycles. The van der Waals surface area contributed by atoms with E-state index in [1.54, 1.807) is 40.7 Å². The van der Waals surface area contributed by atoms with E-state index in [-0.39, 0.29) is 22.8 Å². The van der Waals surface area contributed by atoms with Crippen molar-refractivity contribution in [2.75, 3.05) is 39.5 Å². The quantitative estimate of drug-likeness (QED) is 0.433. The lowest BCUT2D eigenvalue weighted by Crippen LogP contribution is -2.53. The lowest BCUT2D eigenvalue weighted by molar-refractivity contribution is -0.0425. The van der Waals surface area contributed by atoms with Crippen molar-refractivity contribution in [3.05, 3.63) is 64.9 Å². The molecule has 0 spiro atoms. The molecule has 6 nitrogen and oxygen atoms in total. The zero-order valence-electron chi connectivity index (χ0n) is 21.4. The predicted octanol–water partition coefficient (Wildman–Crippen LogP) is 5.15. The summed E-state index contributed by atoms with van der Waals surface area (Å²) < 4.78 is 49.4. The van der Waals surface area contributed by atoms with E-state index in [0.29, 0.717) is 30.8 Å². The molecule has 2 aromatic carbocycles. The van der Waals surface area contributed by atoms with Gasteiger partial charge in [-0.1, -0.05) is 23.7 Å². The van der Waals surface area contributed by atoms with Crippen molar-refractivity contribution in [2.24, 2.45) is 5.92 Å². The second kappa shape index (κ2) is 11.7. The Labute approximate surface area is 225 Å². The second-order valence-electron chi connectivity index (χ2n) is 10.8. The summed E-state index contributed by atoms with van der Waals surface area (Å²) in [6.45, 7) is 7.33. The van der Waals surface area contributed by atoms with Crippen molar-refractivity contribution >= 4 is 21.6 Å². The molecule has 3 fully saturated rings. The Kier molecular flexibility index (Phi) is 8.53. The zero-order chi connectivity index (χ0) is 26.0. The van der Waals surface area contributed by atoms with Gasteiger partial charge >= 0.3 is 0 Å². The molecule has 0 amide bonds. The van der Waals surface area contributed by atoms with Crippen LogP contribution < -0.4 is 0 Å². The number of piperidine rings is 1. The molecule has 9 heteroatoms. The van der Waals surface area contributed by atoms with Crippen molar-refractivity contribution < 1.29 is 17.5 Å². The molecule has 0 N–H and O–H groups in total. The summed E-state index contributed by atoms with van der Waals surface area (Å²) in [6.07, 6.45) is 5.00. The number of piperazine rings is 1. The molecule has 1 aliphatic carbocycles. The van der Waals surface area contributed by atoms with Gasteiger partial charge in [0.1, 0.15) is 5.82 Å². The molecule has 0 unspecified atom stereocenters. The first-order valence-corrected chi connectivity index (χ1v) is 15.2. The van der Waals surface area contributed by atoms with E-state index in [0.717, 1.165) is 44.0 Å². The molecule has 0 bridgehead atoms. The molecule has 3 aliphatic rings. The Hall–Kier alpha value is -1.55. The van der Waals surface area contributed by atoms with Gasteiger partial charge in [0.25, 0.3) is 0 Å². The highest BCUT2D eigenvalue weighted by molar-refractivity contribution is 7.89. The van der Waals surface area contributed by atoms with Crippen LogP contribution in [0.2, 0.25) is 5.02 Å². The van der Waals surface area contributed by atoms with Crippen LogP contribution in [0, 0.1) is 11.7 Å². The molecule has 2 heterocycles. The van der Waals surface area contributed by atoms with Crippen LogP contribution in [0.15, 0.2) is 53.4 Å². The van der Waals surface area contributed by atoms with Crippen LogP contribution in [0.25, 0.3) is 0 Å². The molecule has 0 radical (unpaired) electrons. The third-order valence-electron chi connectivity index (χ3n) is 7.96. The maximum absolute atomic E-state index is 13.9. The fourth-order valence-corrected chi connectivity index (χ4v) is 7.67. The Morgan fingerprint density at radius 2 is 1.73 bits per heavy atom. The number of benzene rings is 2. The molecule has 37 heavy (non-hydrogen) atoms. The summed E-state index contributed by atoms with van der Waals surface area (Å²) in [5, 5.41) is 0.485. The second-order valence-corrected chi connectivity index (χ2v) is 13.1. The summed E-state index contributed by atoms with van der Waals surface area (Å²) >= 11 is 6.03. The molecular formula is C28H37ClFN3O3S. The van der Waals surface area contributed by atoms with Crippen LogP contribution in [0.4, 0.5) is 4.39 Å². The number of hydrogen-bond donors (Lipinski definition) is 0. The zero-order valence-corrected chi connectivity index (χ0v) is 23.0. The third-order valence-corrected chi connectivity index (χ3v) is 10.2. The number of ether oxygens (including phenoxy) is 1. The van der Waals surface area contributed by atoms with E-state index in [9.17, 15) is 12.8 Å². The van der Waals surface area contributed by atoms with Crippen LogP contribution in [0.3, 0.4) is 0 Å². The molecule has 5 rings (SSSR count). The fourth-order valence-electron chi connectivity index (χ4n) is 5.70. The average molecular weight is 550 g/mol. The molecule has 3 atom stereocenters. The topological polar surface area (TPSA) is 53.1 Å². The van der Waals surface area contributed by atoms with Gasteiger partial charge in [0.15, 0.2) is 0 Å². The third kappa shape index (κ3) is 6.54. The first-order chi connectivity index (χ1) is 17.8. The van der Waals surface area contributed by atoms with E-state index in [2.05, 4.69) is 16.7 Å². The molecule has 0 aromatic heterocycles. The van der Waals surface area contributed by atoms with E-state index in [1.807, 2.05) is 0 Å². The lowest BCUT2D eigenvalue weighted by atomic mass is 9.93. The Morgan fingerprint density at radius 1 is 1.00 bits per heavy atom. The molecule has 2 saturated heterocycles. The van der Waals surface area contributed by atoms with E-state index >= 15 is 0 Å². The van der Waals surface area contributed by atoms with Gasteiger partial charge in [-0.2, -0.15) is 4.31 Å². The van der Waals surface area contributed by atoms with Crippen LogP contribution in [0.1, 0.15) is 50.6 Å². The minimum atomic E-state index is -3.83. The minimum absolute atomic E-state index is 0.205. The lowest BCUT2D eigenvalue weighted by Gasteiger charge is -2.42. The monoisotopic (exact) mass is 549 g/mol. The predicted molar refractivity (Wildman–Crippen MR) is 143 cm³/mol. The molecular weight excluding hydrogens is 513 g/mol. The van der Waals surface area contributed by atoms with Gasteiger partial charge in [0, 0.05) is 43.3 Å². The summed E-state index contributed by atoms with van der Waals surface area (Å²) in [5.41, 5.74) is 0.795. The Morgan fingerprint density at radius 3 is 2.41 bits per heavy atom. The van der Waals surface area contributed by atoms with Crippen molar-refractivity contribution in [3.63, 3.8) is 0 Å². The van der Waals surface area contributed by atoms with Crippen LogP contribution in [-0.2, 0) is 14.8 Å². The number of halogens is 2. The summed E-state index contributed by atoms with van der Waals surface area (Å²) in [5.74, 6) is 0.557. The normalized spacial score (nSPS) is 26.4. The summed E-state index contributed by atoms with van der Waals surface area (Å²) in [6, 6.07) is 12.2. The summed E-state index contributed by atoms with van der Waals surface area (Å²) in [4.78, 5) is 5.12. The highest BCUT2D eigenvalue weighted by Crippen LogP contribution is 2.39. The SMILES string of the molecule is C[C@H]1CN(CC2CC2)CCN1COC[C@H]1CCC[C@@H](c2ccc(F)cc2)N1S(=O)(=O)c1ccc(Cl)cc1. The van der Waals surface area contributed by atoms with Gasteiger partial charge in [-0.3, -0.25) is 4.90 Å². The van der Waals surface area contributed by atoms with Crippen molar-refractivity contribution in [2.45, 2.75) is 62.0 Å². The van der Waals surface area contributed by atoms with Crippen molar-refractivity contribution in [1.82, 2.24) is 14.1 Å². The fraction of sp³-hybridized carbons (Fsp3) is 0.571. The van der Waals surface area contributed by atoms with Gasteiger partial charge in [-0.15, -0.1) is 0 Å². The number of rotatable bonds is 9. The number of hydrogen-bond acceptors (Lipinski definition) is 5. The minimum Gasteiger partial charge on any atom is -0.364 e. The van der Waals surface area contributed by atoms with E-state index in [4.69, 9.17) is 16.3 Å². The maximum Gasteiger partial charge on any atom is 0.243 e. The van der Waals surface area contributed by atoms with Gasteiger partial charge in [0.2, 0.25) is 10.0 Å². The Bertz CT molecular complexity index is 1140. The van der Waals surface area contributed by atoms with Crippen LogP contribution >= 0.6 is 11.6 Å². The first kappa shape index (κ1) is 27.0. The van der Waals surface area contributed by atoms with Crippen molar-refractivity contribution in [1.29, 1.82) is 0 Å². The largest absolute Gasteiger partial charge is 0.364 e. The maximum atomic E-state index is 13.9. The highest BCUT2D eigenvalue weighted by atomic mass is 35.5. The van der Waals surface area contributed by atoms with Gasteiger partial charge in [-0.05, 0) is 86.9 Å². The van der Waals surface area contributed by atoms with E-state index < -0.39 is 10.0 Å². The van der Waals surface area contributed by atoms with Gasteiger partial charge < -0.3 is 9.64 Å². The first-order valence-electron chi connectivity index (χ1n) is 13.4. The molecule has 2 aromatic rings. The molecule has 2 aliphatic heterocycles. The number of nitrogens with zero attached hydrogens (tertiary/aromatic N) is 3. The van der Waals surface area contributed by atoms with E-state index in [1.165, 1.54) is 31.5 Å².